The molecule has 2 aromatic carbocycles. The largest absolute Gasteiger partial charge is 0.479 e. The maximum absolute atomic E-state index is 12.2. The molecule has 3 rings (SSSR count). The predicted molar refractivity (Wildman–Crippen MR) is 111 cm³/mol. The molecule has 28 heavy (non-hydrogen) atoms. The first-order chi connectivity index (χ1) is 13.5. The summed E-state index contributed by atoms with van der Waals surface area (Å²) in [6.45, 7) is 1.75. The molecule has 2 aromatic rings. The Labute approximate surface area is 171 Å². The number of hydrogen-bond acceptors (Lipinski definition) is 5. The molecule has 1 fully saturated rings. The topological polar surface area (TPSA) is 88.0 Å². The highest BCUT2D eigenvalue weighted by atomic mass is 35.5. The van der Waals surface area contributed by atoms with Crippen molar-refractivity contribution in [3.8, 4) is 5.75 Å². The minimum Gasteiger partial charge on any atom is -0.479 e. The number of hydrogen-bond donors (Lipinski definition) is 2. The summed E-state index contributed by atoms with van der Waals surface area (Å²) in [6.07, 6.45) is 1.21. The van der Waals surface area contributed by atoms with E-state index < -0.39 is 12.1 Å². The van der Waals surface area contributed by atoms with Gasteiger partial charge in [-0.05, 0) is 54.1 Å². The molecule has 0 aromatic heterocycles. The Bertz CT molecular complexity index is 957. The lowest BCUT2D eigenvalue weighted by Crippen LogP contribution is -2.25. The van der Waals surface area contributed by atoms with Gasteiger partial charge in [0, 0.05) is 0 Å². The van der Waals surface area contributed by atoms with Gasteiger partial charge in [-0.25, -0.2) is 9.79 Å². The molecule has 0 bridgehead atoms. The molecule has 144 valence electrons. The van der Waals surface area contributed by atoms with Crippen molar-refractivity contribution in [1.29, 1.82) is 0 Å². The number of carbonyl (C=O) groups is 2. The van der Waals surface area contributed by atoms with Crippen LogP contribution in [0.3, 0.4) is 0 Å². The van der Waals surface area contributed by atoms with Crippen LogP contribution in [0.1, 0.15) is 18.9 Å². The lowest BCUT2D eigenvalue weighted by atomic mass is 10.2. The van der Waals surface area contributed by atoms with E-state index in [1.54, 1.807) is 49.4 Å². The van der Waals surface area contributed by atoms with Crippen LogP contribution in [0.5, 0.6) is 5.75 Å². The summed E-state index contributed by atoms with van der Waals surface area (Å²) < 4.78 is 5.43. The van der Waals surface area contributed by atoms with Crippen LogP contribution >= 0.6 is 23.4 Å². The summed E-state index contributed by atoms with van der Waals surface area (Å²) in [6, 6.07) is 14.0. The normalized spacial score (nSPS) is 17.6. The molecular formula is C20H17ClN2O4S. The Morgan fingerprint density at radius 1 is 1.29 bits per heavy atom. The fraction of sp³-hybridized carbons (Fsp3) is 0.150. The number of carboxylic acid groups (broad SMARTS) is 1. The first-order valence-corrected chi connectivity index (χ1v) is 9.69. The van der Waals surface area contributed by atoms with Gasteiger partial charge in [0.2, 0.25) is 0 Å². The molecule has 1 atom stereocenters. The Hall–Kier alpha value is -2.77. The maximum atomic E-state index is 12.2. The van der Waals surface area contributed by atoms with E-state index in [1.807, 2.05) is 12.1 Å². The van der Waals surface area contributed by atoms with Crippen molar-refractivity contribution in [2.45, 2.75) is 19.4 Å². The zero-order chi connectivity index (χ0) is 20.1. The zero-order valence-electron chi connectivity index (χ0n) is 14.9. The van der Waals surface area contributed by atoms with E-state index in [2.05, 4.69) is 10.3 Å². The molecule has 0 aliphatic carbocycles. The van der Waals surface area contributed by atoms with Gasteiger partial charge in [0.25, 0.3) is 5.91 Å². The SMILES string of the molecule is CCC(Oc1ccc(/C=C2/SC(=Nc3ccccc3Cl)NC2=O)cc1)C(=O)O. The van der Waals surface area contributed by atoms with Crippen molar-refractivity contribution in [2.24, 2.45) is 4.99 Å². The molecule has 8 heteroatoms. The van der Waals surface area contributed by atoms with E-state index >= 15 is 0 Å². The van der Waals surface area contributed by atoms with Crippen LogP contribution in [-0.2, 0) is 9.59 Å². The van der Waals surface area contributed by atoms with Crippen LogP contribution in [0.25, 0.3) is 6.08 Å². The fourth-order valence-corrected chi connectivity index (χ4v) is 3.41. The summed E-state index contributed by atoms with van der Waals surface area (Å²) in [5.41, 5.74) is 1.37. The summed E-state index contributed by atoms with van der Waals surface area (Å²) in [5.74, 6) is -0.785. The van der Waals surface area contributed by atoms with Crippen LogP contribution in [0.4, 0.5) is 5.69 Å². The van der Waals surface area contributed by atoms with Gasteiger partial charge < -0.3 is 15.2 Å². The monoisotopic (exact) mass is 416 g/mol. The van der Waals surface area contributed by atoms with Crippen LogP contribution in [0.15, 0.2) is 58.4 Å². The van der Waals surface area contributed by atoms with E-state index in [0.29, 0.717) is 33.0 Å². The molecule has 0 radical (unpaired) electrons. The first-order valence-electron chi connectivity index (χ1n) is 8.50. The number of para-hydroxylation sites is 1. The second kappa shape index (κ2) is 8.95. The van der Waals surface area contributed by atoms with Crippen LogP contribution < -0.4 is 10.1 Å². The molecule has 1 amide bonds. The molecule has 1 heterocycles. The number of amidine groups is 1. The second-order valence-electron chi connectivity index (χ2n) is 5.86. The van der Waals surface area contributed by atoms with Crippen LogP contribution in [-0.4, -0.2) is 28.3 Å². The summed E-state index contributed by atoms with van der Waals surface area (Å²) >= 11 is 7.32. The van der Waals surface area contributed by atoms with Crippen molar-refractivity contribution in [1.82, 2.24) is 5.32 Å². The number of aliphatic carboxylic acids is 1. The standard InChI is InChI=1S/C20H17ClN2O4S/c1-2-16(19(25)26)27-13-9-7-12(8-10-13)11-17-18(24)23-20(28-17)22-15-6-4-3-5-14(15)21/h3-11,16H,2H2,1H3,(H,25,26)(H,22,23,24)/b17-11+. The van der Waals surface area contributed by atoms with E-state index in [0.717, 1.165) is 5.56 Å². The highest BCUT2D eigenvalue weighted by molar-refractivity contribution is 8.18. The van der Waals surface area contributed by atoms with Gasteiger partial charge in [0.1, 0.15) is 5.75 Å². The van der Waals surface area contributed by atoms with Crippen molar-refractivity contribution in [2.75, 3.05) is 0 Å². The number of nitrogens with zero attached hydrogens (tertiary/aromatic N) is 1. The predicted octanol–water partition coefficient (Wildman–Crippen LogP) is 4.47. The third-order valence-corrected chi connectivity index (χ3v) is 5.06. The molecular weight excluding hydrogens is 400 g/mol. The molecule has 1 aliphatic rings. The Morgan fingerprint density at radius 3 is 2.64 bits per heavy atom. The van der Waals surface area contributed by atoms with Gasteiger partial charge in [0.05, 0.1) is 15.6 Å². The Morgan fingerprint density at radius 2 is 2.00 bits per heavy atom. The number of rotatable bonds is 6. The summed E-state index contributed by atoms with van der Waals surface area (Å²) in [4.78, 5) is 28.1. The Balaban J connectivity index is 1.72. The van der Waals surface area contributed by atoms with Crippen molar-refractivity contribution in [3.63, 3.8) is 0 Å². The average molecular weight is 417 g/mol. The van der Waals surface area contributed by atoms with Crippen LogP contribution in [0.2, 0.25) is 5.02 Å². The van der Waals surface area contributed by atoms with Crippen LogP contribution in [0, 0.1) is 0 Å². The lowest BCUT2D eigenvalue weighted by molar-refractivity contribution is -0.145. The smallest absolute Gasteiger partial charge is 0.344 e. The lowest BCUT2D eigenvalue weighted by Gasteiger charge is -2.13. The van der Waals surface area contributed by atoms with E-state index in [-0.39, 0.29) is 5.91 Å². The second-order valence-corrected chi connectivity index (χ2v) is 7.29. The van der Waals surface area contributed by atoms with Crippen molar-refractivity contribution in [3.05, 3.63) is 64.0 Å². The van der Waals surface area contributed by atoms with Crippen molar-refractivity contribution < 1.29 is 19.4 Å². The molecule has 1 unspecified atom stereocenters. The number of nitrogens with one attached hydrogen (secondary N) is 1. The third-order valence-electron chi connectivity index (χ3n) is 3.83. The van der Waals surface area contributed by atoms with Gasteiger partial charge in [-0.15, -0.1) is 0 Å². The molecule has 0 saturated carbocycles. The van der Waals surface area contributed by atoms with Gasteiger partial charge in [0.15, 0.2) is 11.3 Å². The van der Waals surface area contributed by atoms with Gasteiger partial charge in [-0.3, -0.25) is 4.79 Å². The number of amides is 1. The number of aliphatic imine (C=N–C) groups is 1. The quantitative estimate of drug-likeness (QED) is 0.678. The van der Waals surface area contributed by atoms with Gasteiger partial charge in [-0.1, -0.05) is 42.8 Å². The minimum absolute atomic E-state index is 0.243. The first kappa shape index (κ1) is 20.0. The molecule has 0 spiro atoms. The zero-order valence-corrected chi connectivity index (χ0v) is 16.5. The summed E-state index contributed by atoms with van der Waals surface area (Å²) in [7, 11) is 0. The number of benzene rings is 2. The highest BCUT2D eigenvalue weighted by Gasteiger charge is 2.24. The Kier molecular flexibility index (Phi) is 6.38. The molecule has 1 aliphatic heterocycles. The fourth-order valence-electron chi connectivity index (χ4n) is 2.40. The number of carbonyl (C=O) groups excluding carboxylic acids is 1. The van der Waals surface area contributed by atoms with E-state index in [4.69, 9.17) is 21.4 Å². The number of carboxylic acids is 1. The number of thioether (sulfide) groups is 1. The number of halogens is 1. The van der Waals surface area contributed by atoms with Gasteiger partial charge in [-0.2, -0.15) is 0 Å². The molecule has 6 nitrogen and oxygen atoms in total. The minimum atomic E-state index is -1.00. The number of ether oxygens (including phenoxy) is 1. The van der Waals surface area contributed by atoms with E-state index in [9.17, 15) is 9.59 Å². The third kappa shape index (κ3) is 4.94. The van der Waals surface area contributed by atoms with Crippen molar-refractivity contribution >= 4 is 52.2 Å². The summed E-state index contributed by atoms with van der Waals surface area (Å²) in [5, 5.41) is 12.7. The molecule has 2 N–H and O–H groups in total. The average Bonchev–Trinajstić information content (AvgIpc) is 3.01. The van der Waals surface area contributed by atoms with E-state index in [1.165, 1.54) is 11.8 Å². The maximum Gasteiger partial charge on any atom is 0.344 e. The molecule has 1 saturated heterocycles. The van der Waals surface area contributed by atoms with Gasteiger partial charge >= 0.3 is 5.97 Å². The highest BCUT2D eigenvalue weighted by Crippen LogP contribution is 2.31.